The highest BCUT2D eigenvalue weighted by molar-refractivity contribution is 5.36. The molecule has 0 atom stereocenters. The molecular weight excluding hydrogens is 148 g/mol. The number of nitrogens with zero attached hydrogens (tertiary/aromatic N) is 1. The molecule has 0 spiro atoms. The van der Waals surface area contributed by atoms with Gasteiger partial charge in [-0.15, -0.1) is 0 Å². The number of rotatable bonds is 2. The smallest absolute Gasteiger partial charge is 0.126 e. The van der Waals surface area contributed by atoms with Crippen molar-refractivity contribution in [3.05, 3.63) is 23.9 Å². The minimum atomic E-state index is 0.680. The lowest BCUT2D eigenvalue weighted by atomic mass is 9.93. The van der Waals surface area contributed by atoms with Crippen LogP contribution in [0.3, 0.4) is 0 Å². The van der Waals surface area contributed by atoms with Crippen LogP contribution in [0, 0.1) is 6.92 Å². The van der Waals surface area contributed by atoms with Gasteiger partial charge in [0, 0.05) is 11.7 Å². The summed E-state index contributed by atoms with van der Waals surface area (Å²) in [4.78, 5) is 4.38. The fourth-order valence-corrected chi connectivity index (χ4v) is 1.39. The number of pyridine rings is 1. The Morgan fingerprint density at radius 2 is 2.25 bits per heavy atom. The molecule has 1 fully saturated rings. The molecule has 0 saturated heterocycles. The molecule has 1 heterocycles. The average Bonchev–Trinajstić information content (AvgIpc) is 1.97. The Balaban J connectivity index is 2.02. The fourth-order valence-electron chi connectivity index (χ4n) is 1.39. The monoisotopic (exact) mass is 162 g/mol. The van der Waals surface area contributed by atoms with E-state index in [4.69, 9.17) is 0 Å². The minimum Gasteiger partial charge on any atom is -0.367 e. The van der Waals surface area contributed by atoms with Crippen LogP contribution in [0.1, 0.15) is 25.0 Å². The van der Waals surface area contributed by atoms with Crippen molar-refractivity contribution < 1.29 is 0 Å². The van der Waals surface area contributed by atoms with Gasteiger partial charge in [0.1, 0.15) is 5.82 Å². The van der Waals surface area contributed by atoms with E-state index in [2.05, 4.69) is 10.3 Å². The van der Waals surface area contributed by atoms with Crippen LogP contribution >= 0.6 is 0 Å². The number of hydrogen-bond donors (Lipinski definition) is 1. The standard InChI is InChI=1S/C10H14N2/c1-8-4-2-7-10(11-8)12-9-5-3-6-9/h2,4,7,9H,3,5-6H2,1H3,(H,11,12). The second kappa shape index (κ2) is 3.13. The number of hydrogen-bond acceptors (Lipinski definition) is 2. The summed E-state index contributed by atoms with van der Waals surface area (Å²) in [5.41, 5.74) is 1.08. The van der Waals surface area contributed by atoms with Gasteiger partial charge in [0.2, 0.25) is 0 Å². The van der Waals surface area contributed by atoms with Crippen LogP contribution < -0.4 is 5.32 Å². The molecule has 0 amide bonds. The third-order valence-electron chi connectivity index (χ3n) is 2.35. The zero-order valence-electron chi connectivity index (χ0n) is 7.38. The molecule has 1 saturated carbocycles. The minimum absolute atomic E-state index is 0.680. The van der Waals surface area contributed by atoms with Crippen LogP contribution in [0.4, 0.5) is 5.82 Å². The number of nitrogens with one attached hydrogen (secondary N) is 1. The molecule has 0 radical (unpaired) electrons. The predicted octanol–water partition coefficient (Wildman–Crippen LogP) is 2.35. The van der Waals surface area contributed by atoms with Gasteiger partial charge in [0.15, 0.2) is 0 Å². The lowest BCUT2D eigenvalue weighted by molar-refractivity contribution is 0.444. The van der Waals surface area contributed by atoms with Gasteiger partial charge in [0.25, 0.3) is 0 Å². The summed E-state index contributed by atoms with van der Waals surface area (Å²) in [6.45, 7) is 2.02. The number of aromatic nitrogens is 1. The number of aryl methyl sites for hydroxylation is 1. The van der Waals surface area contributed by atoms with E-state index < -0.39 is 0 Å². The Morgan fingerprint density at radius 3 is 2.83 bits per heavy atom. The van der Waals surface area contributed by atoms with E-state index in [1.165, 1.54) is 19.3 Å². The zero-order valence-corrected chi connectivity index (χ0v) is 7.38. The molecule has 0 aliphatic heterocycles. The van der Waals surface area contributed by atoms with E-state index in [1.54, 1.807) is 0 Å². The largest absolute Gasteiger partial charge is 0.367 e. The van der Waals surface area contributed by atoms with E-state index >= 15 is 0 Å². The third-order valence-corrected chi connectivity index (χ3v) is 2.35. The molecule has 12 heavy (non-hydrogen) atoms. The maximum Gasteiger partial charge on any atom is 0.126 e. The highest BCUT2D eigenvalue weighted by Crippen LogP contribution is 2.22. The summed E-state index contributed by atoms with van der Waals surface area (Å²) in [5, 5.41) is 3.41. The van der Waals surface area contributed by atoms with Crippen molar-refractivity contribution >= 4 is 5.82 Å². The third kappa shape index (κ3) is 1.58. The van der Waals surface area contributed by atoms with Crippen molar-refractivity contribution in [3.63, 3.8) is 0 Å². The lowest BCUT2D eigenvalue weighted by Gasteiger charge is -2.26. The van der Waals surface area contributed by atoms with Gasteiger partial charge in [-0.05, 0) is 38.3 Å². The summed E-state index contributed by atoms with van der Waals surface area (Å²) in [6, 6.07) is 6.78. The van der Waals surface area contributed by atoms with E-state index in [0.717, 1.165) is 11.5 Å². The fraction of sp³-hybridized carbons (Fsp3) is 0.500. The highest BCUT2D eigenvalue weighted by atomic mass is 15.0. The SMILES string of the molecule is Cc1cccc(NC2CCC2)n1. The van der Waals surface area contributed by atoms with Gasteiger partial charge in [0.05, 0.1) is 0 Å². The van der Waals surface area contributed by atoms with Gasteiger partial charge >= 0.3 is 0 Å². The molecule has 0 bridgehead atoms. The van der Waals surface area contributed by atoms with Gasteiger partial charge < -0.3 is 5.32 Å². The van der Waals surface area contributed by atoms with Crippen LogP contribution in [0.15, 0.2) is 18.2 Å². The van der Waals surface area contributed by atoms with Gasteiger partial charge in [-0.1, -0.05) is 6.07 Å². The summed E-state index contributed by atoms with van der Waals surface area (Å²) in [7, 11) is 0. The van der Waals surface area contributed by atoms with Gasteiger partial charge in [-0.2, -0.15) is 0 Å². The van der Waals surface area contributed by atoms with Gasteiger partial charge in [-0.3, -0.25) is 0 Å². The molecule has 1 aromatic heterocycles. The van der Waals surface area contributed by atoms with E-state index in [0.29, 0.717) is 6.04 Å². The first kappa shape index (κ1) is 7.59. The molecule has 1 aliphatic carbocycles. The van der Waals surface area contributed by atoms with Crippen LogP contribution in [-0.4, -0.2) is 11.0 Å². The van der Waals surface area contributed by atoms with Crippen LogP contribution in [-0.2, 0) is 0 Å². The quantitative estimate of drug-likeness (QED) is 0.722. The van der Waals surface area contributed by atoms with E-state index in [1.807, 2.05) is 25.1 Å². The van der Waals surface area contributed by atoms with Crippen molar-refractivity contribution in [2.45, 2.75) is 32.2 Å². The maximum absolute atomic E-state index is 4.38. The van der Waals surface area contributed by atoms with Crippen LogP contribution in [0.2, 0.25) is 0 Å². The second-order valence-electron chi connectivity index (χ2n) is 3.44. The Hall–Kier alpha value is -1.05. The topological polar surface area (TPSA) is 24.9 Å². The molecule has 1 aliphatic rings. The average molecular weight is 162 g/mol. The first-order valence-electron chi connectivity index (χ1n) is 4.55. The summed E-state index contributed by atoms with van der Waals surface area (Å²) < 4.78 is 0. The molecule has 0 unspecified atom stereocenters. The first-order chi connectivity index (χ1) is 5.84. The molecular formula is C10H14N2. The maximum atomic E-state index is 4.38. The predicted molar refractivity (Wildman–Crippen MR) is 50.2 cm³/mol. The zero-order chi connectivity index (χ0) is 8.39. The molecule has 1 aromatic rings. The van der Waals surface area contributed by atoms with Crippen molar-refractivity contribution in [2.24, 2.45) is 0 Å². The normalized spacial score (nSPS) is 17.1. The number of anilines is 1. The Bertz CT molecular complexity index is 266. The molecule has 0 aromatic carbocycles. The Labute approximate surface area is 73.0 Å². The second-order valence-corrected chi connectivity index (χ2v) is 3.44. The summed E-state index contributed by atoms with van der Waals surface area (Å²) in [5.74, 6) is 1.03. The Kier molecular flexibility index (Phi) is 1.98. The molecule has 2 rings (SSSR count). The summed E-state index contributed by atoms with van der Waals surface area (Å²) in [6.07, 6.45) is 3.97. The van der Waals surface area contributed by atoms with Gasteiger partial charge in [-0.25, -0.2) is 4.98 Å². The van der Waals surface area contributed by atoms with Crippen molar-refractivity contribution in [3.8, 4) is 0 Å². The van der Waals surface area contributed by atoms with E-state index in [9.17, 15) is 0 Å². The Morgan fingerprint density at radius 1 is 1.42 bits per heavy atom. The highest BCUT2D eigenvalue weighted by Gasteiger charge is 2.16. The first-order valence-corrected chi connectivity index (χ1v) is 4.55. The van der Waals surface area contributed by atoms with Crippen LogP contribution in [0.25, 0.3) is 0 Å². The van der Waals surface area contributed by atoms with Crippen molar-refractivity contribution in [1.82, 2.24) is 4.98 Å². The lowest BCUT2D eigenvalue weighted by Crippen LogP contribution is -2.27. The van der Waals surface area contributed by atoms with Crippen molar-refractivity contribution in [2.75, 3.05) is 5.32 Å². The van der Waals surface area contributed by atoms with Crippen LogP contribution in [0.5, 0.6) is 0 Å². The molecule has 2 heteroatoms. The molecule has 64 valence electrons. The van der Waals surface area contributed by atoms with Crippen molar-refractivity contribution in [1.29, 1.82) is 0 Å². The van der Waals surface area contributed by atoms with E-state index in [-0.39, 0.29) is 0 Å². The molecule has 1 N–H and O–H groups in total. The summed E-state index contributed by atoms with van der Waals surface area (Å²) >= 11 is 0. The molecule has 2 nitrogen and oxygen atoms in total.